The Kier molecular flexibility index (Phi) is 4.78. The summed E-state index contributed by atoms with van der Waals surface area (Å²) in [5.74, 6) is 0.307. The standard InChI is InChI=1S/C17H17NO4/c1-11-12(6-9-17(19)20)4-7-14(18-11)13-5-8-15(21-2)16(10-13)22-3/h4-10H,1-3H3,(H,19,20)/b9-6+. The third kappa shape index (κ3) is 3.44. The van der Waals surface area contributed by atoms with Gasteiger partial charge in [0.1, 0.15) is 0 Å². The van der Waals surface area contributed by atoms with E-state index in [1.54, 1.807) is 14.2 Å². The molecule has 0 bridgehead atoms. The maximum Gasteiger partial charge on any atom is 0.328 e. The zero-order valence-electron chi connectivity index (χ0n) is 12.7. The third-order valence-electron chi connectivity index (χ3n) is 3.21. The molecule has 0 aliphatic rings. The molecule has 1 N–H and O–H groups in total. The van der Waals surface area contributed by atoms with Gasteiger partial charge in [-0.25, -0.2) is 4.79 Å². The van der Waals surface area contributed by atoms with Crippen LogP contribution in [0.2, 0.25) is 0 Å². The van der Waals surface area contributed by atoms with E-state index in [0.717, 1.165) is 28.6 Å². The van der Waals surface area contributed by atoms with E-state index >= 15 is 0 Å². The van der Waals surface area contributed by atoms with Gasteiger partial charge in [-0.05, 0) is 42.8 Å². The van der Waals surface area contributed by atoms with Gasteiger partial charge < -0.3 is 14.6 Å². The fourth-order valence-corrected chi connectivity index (χ4v) is 2.07. The van der Waals surface area contributed by atoms with E-state index in [1.807, 2.05) is 37.3 Å². The van der Waals surface area contributed by atoms with Crippen LogP contribution in [0.1, 0.15) is 11.3 Å². The Bertz CT molecular complexity index is 723. The van der Waals surface area contributed by atoms with Gasteiger partial charge in [-0.2, -0.15) is 0 Å². The van der Waals surface area contributed by atoms with Gasteiger partial charge >= 0.3 is 5.97 Å². The van der Waals surface area contributed by atoms with Crippen LogP contribution < -0.4 is 9.47 Å². The van der Waals surface area contributed by atoms with Crippen LogP contribution in [-0.4, -0.2) is 30.3 Å². The lowest BCUT2D eigenvalue weighted by molar-refractivity contribution is -0.131. The lowest BCUT2D eigenvalue weighted by Gasteiger charge is -2.10. The molecule has 0 spiro atoms. The molecule has 2 aromatic rings. The number of aliphatic carboxylic acids is 1. The van der Waals surface area contributed by atoms with E-state index in [4.69, 9.17) is 14.6 Å². The summed E-state index contributed by atoms with van der Waals surface area (Å²) >= 11 is 0. The summed E-state index contributed by atoms with van der Waals surface area (Å²) in [7, 11) is 3.17. The van der Waals surface area contributed by atoms with Crippen molar-refractivity contribution in [2.75, 3.05) is 14.2 Å². The van der Waals surface area contributed by atoms with Crippen molar-refractivity contribution in [2.24, 2.45) is 0 Å². The van der Waals surface area contributed by atoms with Crippen LogP contribution in [0.4, 0.5) is 0 Å². The van der Waals surface area contributed by atoms with Crippen molar-refractivity contribution in [1.29, 1.82) is 0 Å². The van der Waals surface area contributed by atoms with Crippen molar-refractivity contribution >= 4 is 12.0 Å². The van der Waals surface area contributed by atoms with Crippen molar-refractivity contribution in [3.63, 3.8) is 0 Å². The smallest absolute Gasteiger partial charge is 0.328 e. The normalized spacial score (nSPS) is 10.7. The number of nitrogens with zero attached hydrogens (tertiary/aromatic N) is 1. The van der Waals surface area contributed by atoms with Crippen LogP contribution in [0, 0.1) is 6.92 Å². The van der Waals surface area contributed by atoms with Gasteiger partial charge in [-0.3, -0.25) is 4.98 Å². The van der Waals surface area contributed by atoms with Gasteiger partial charge in [0.2, 0.25) is 0 Å². The second-order valence-electron chi connectivity index (χ2n) is 4.61. The number of aryl methyl sites for hydroxylation is 1. The molecule has 114 valence electrons. The first-order chi connectivity index (χ1) is 10.5. The Morgan fingerprint density at radius 2 is 1.86 bits per heavy atom. The molecule has 1 aromatic carbocycles. The molecule has 5 heteroatoms. The number of carboxylic acid groups (broad SMARTS) is 1. The highest BCUT2D eigenvalue weighted by molar-refractivity contribution is 5.85. The second kappa shape index (κ2) is 6.76. The van der Waals surface area contributed by atoms with Crippen LogP contribution in [0.15, 0.2) is 36.4 Å². The maximum atomic E-state index is 10.6. The summed E-state index contributed by atoms with van der Waals surface area (Å²) in [4.78, 5) is 15.1. The summed E-state index contributed by atoms with van der Waals surface area (Å²) in [6.07, 6.45) is 2.63. The summed E-state index contributed by atoms with van der Waals surface area (Å²) < 4.78 is 10.5. The minimum Gasteiger partial charge on any atom is -0.493 e. The number of hydrogen-bond donors (Lipinski definition) is 1. The van der Waals surface area contributed by atoms with Crippen LogP contribution in [0.5, 0.6) is 11.5 Å². The predicted octanol–water partition coefficient (Wildman–Crippen LogP) is 3.17. The van der Waals surface area contributed by atoms with Gasteiger partial charge in [-0.1, -0.05) is 6.07 Å². The van der Waals surface area contributed by atoms with E-state index < -0.39 is 5.97 Å². The number of rotatable bonds is 5. The highest BCUT2D eigenvalue weighted by Crippen LogP contribution is 2.31. The first kappa shape index (κ1) is 15.6. The van der Waals surface area contributed by atoms with E-state index in [2.05, 4.69) is 4.98 Å². The van der Waals surface area contributed by atoms with E-state index in [0.29, 0.717) is 11.5 Å². The summed E-state index contributed by atoms with van der Waals surface area (Å²) in [5, 5.41) is 8.67. The van der Waals surface area contributed by atoms with Crippen LogP contribution in [-0.2, 0) is 4.79 Å². The topological polar surface area (TPSA) is 68.7 Å². The molecule has 1 aromatic heterocycles. The molecule has 5 nitrogen and oxygen atoms in total. The Hall–Kier alpha value is -2.82. The average Bonchev–Trinajstić information content (AvgIpc) is 2.52. The largest absolute Gasteiger partial charge is 0.493 e. The summed E-state index contributed by atoms with van der Waals surface area (Å²) in [6, 6.07) is 9.26. The number of benzene rings is 1. The molecular formula is C17H17NO4. The Balaban J connectivity index is 2.38. The lowest BCUT2D eigenvalue weighted by atomic mass is 10.1. The fourth-order valence-electron chi connectivity index (χ4n) is 2.07. The first-order valence-corrected chi connectivity index (χ1v) is 6.66. The van der Waals surface area contributed by atoms with Crippen molar-refractivity contribution in [2.45, 2.75) is 6.92 Å². The monoisotopic (exact) mass is 299 g/mol. The van der Waals surface area contributed by atoms with Gasteiger partial charge in [0, 0.05) is 17.3 Å². The fraction of sp³-hybridized carbons (Fsp3) is 0.176. The van der Waals surface area contributed by atoms with Crippen molar-refractivity contribution in [3.05, 3.63) is 47.7 Å². The van der Waals surface area contributed by atoms with Crippen molar-refractivity contribution < 1.29 is 19.4 Å². The number of methoxy groups -OCH3 is 2. The number of pyridine rings is 1. The number of carbonyl (C=O) groups is 1. The van der Waals surface area contributed by atoms with Crippen LogP contribution in [0.3, 0.4) is 0 Å². The molecule has 0 atom stereocenters. The third-order valence-corrected chi connectivity index (χ3v) is 3.21. The molecule has 0 amide bonds. The van der Waals surface area contributed by atoms with Gasteiger partial charge in [0.05, 0.1) is 19.9 Å². The number of aromatic nitrogens is 1. The zero-order valence-corrected chi connectivity index (χ0v) is 12.7. The van der Waals surface area contributed by atoms with Gasteiger partial charge in [0.15, 0.2) is 11.5 Å². The molecule has 0 aliphatic carbocycles. The van der Waals surface area contributed by atoms with E-state index in [1.165, 1.54) is 6.08 Å². The molecule has 0 saturated carbocycles. The highest BCUT2D eigenvalue weighted by Gasteiger charge is 2.08. The quantitative estimate of drug-likeness (QED) is 0.859. The first-order valence-electron chi connectivity index (χ1n) is 6.66. The van der Waals surface area contributed by atoms with E-state index in [-0.39, 0.29) is 0 Å². The van der Waals surface area contributed by atoms with Crippen LogP contribution in [0.25, 0.3) is 17.3 Å². The van der Waals surface area contributed by atoms with Crippen molar-refractivity contribution in [1.82, 2.24) is 4.98 Å². The van der Waals surface area contributed by atoms with Crippen molar-refractivity contribution in [3.8, 4) is 22.8 Å². The number of carboxylic acids is 1. The zero-order chi connectivity index (χ0) is 16.1. The van der Waals surface area contributed by atoms with E-state index in [9.17, 15) is 4.79 Å². The minimum atomic E-state index is -0.983. The van der Waals surface area contributed by atoms with Gasteiger partial charge in [-0.15, -0.1) is 0 Å². The Morgan fingerprint density at radius 3 is 2.45 bits per heavy atom. The molecule has 0 saturated heterocycles. The average molecular weight is 299 g/mol. The molecule has 0 fully saturated rings. The molecular weight excluding hydrogens is 282 g/mol. The number of hydrogen-bond acceptors (Lipinski definition) is 4. The Labute approximate surface area is 128 Å². The van der Waals surface area contributed by atoms with Crippen LogP contribution >= 0.6 is 0 Å². The summed E-state index contributed by atoms with van der Waals surface area (Å²) in [6.45, 7) is 1.84. The lowest BCUT2D eigenvalue weighted by Crippen LogP contribution is -1.94. The summed E-state index contributed by atoms with van der Waals surface area (Å²) in [5.41, 5.74) is 3.21. The molecule has 1 heterocycles. The molecule has 2 rings (SSSR count). The minimum absolute atomic E-state index is 0.634. The Morgan fingerprint density at radius 1 is 1.14 bits per heavy atom. The van der Waals surface area contributed by atoms with Gasteiger partial charge in [0.25, 0.3) is 0 Å². The molecule has 0 radical (unpaired) electrons. The SMILES string of the molecule is COc1ccc(-c2ccc(/C=C/C(=O)O)c(C)n2)cc1OC. The number of ether oxygens (including phenoxy) is 2. The second-order valence-corrected chi connectivity index (χ2v) is 4.61. The predicted molar refractivity (Wildman–Crippen MR) is 84.2 cm³/mol. The maximum absolute atomic E-state index is 10.6. The molecule has 22 heavy (non-hydrogen) atoms. The molecule has 0 aliphatic heterocycles. The molecule has 0 unspecified atom stereocenters. The highest BCUT2D eigenvalue weighted by atomic mass is 16.5.